The Morgan fingerprint density at radius 2 is 2.41 bits per heavy atom. The monoisotopic (exact) mass is 231 g/mol. The molecule has 0 bridgehead atoms. The first-order valence-corrected chi connectivity index (χ1v) is 5.54. The minimum Gasteiger partial charge on any atom is -0.362 e. The maximum absolute atomic E-state index is 11.0. The topological polar surface area (TPSA) is 56.2 Å². The molecule has 0 radical (unpaired) electrons. The van der Waals surface area contributed by atoms with E-state index in [4.69, 9.17) is 4.74 Å². The molecule has 0 saturated carbocycles. The van der Waals surface area contributed by atoms with Gasteiger partial charge < -0.3 is 10.1 Å². The second-order valence-corrected chi connectivity index (χ2v) is 4.19. The van der Waals surface area contributed by atoms with Crippen LogP contribution in [0.1, 0.15) is 11.7 Å². The molecule has 1 unspecified atom stereocenters. The summed E-state index contributed by atoms with van der Waals surface area (Å²) in [5.41, 5.74) is 2.17. The molecule has 0 spiro atoms. The molecule has 2 aromatic rings. The summed E-state index contributed by atoms with van der Waals surface area (Å²) in [5, 5.41) is 8.09. The van der Waals surface area contributed by atoms with Gasteiger partial charge in [-0.2, -0.15) is 5.10 Å². The fourth-order valence-electron chi connectivity index (χ4n) is 2.09. The van der Waals surface area contributed by atoms with E-state index in [-0.39, 0.29) is 18.6 Å². The Kier molecular flexibility index (Phi) is 2.33. The normalized spacial score (nSPS) is 20.5. The smallest absolute Gasteiger partial charge is 0.246 e. The van der Waals surface area contributed by atoms with Gasteiger partial charge in [0.25, 0.3) is 0 Å². The van der Waals surface area contributed by atoms with Gasteiger partial charge in [0.2, 0.25) is 5.91 Å². The van der Waals surface area contributed by atoms with Crippen LogP contribution in [0, 0.1) is 0 Å². The predicted octanol–water partition coefficient (Wildman–Crippen LogP) is 0.761. The molecule has 2 heterocycles. The quantitative estimate of drug-likeness (QED) is 0.788. The fraction of sp³-hybridized carbons (Fsp3) is 0.333. The molecule has 5 heteroatoms. The van der Waals surface area contributed by atoms with Crippen LogP contribution in [0.3, 0.4) is 0 Å². The molecule has 1 aromatic carbocycles. The van der Waals surface area contributed by atoms with Crippen molar-refractivity contribution in [2.45, 2.75) is 6.10 Å². The molecular formula is C12H13N3O2. The van der Waals surface area contributed by atoms with Crippen LogP contribution in [0.25, 0.3) is 10.9 Å². The molecule has 17 heavy (non-hydrogen) atoms. The number of benzene rings is 1. The Morgan fingerprint density at radius 3 is 3.18 bits per heavy atom. The van der Waals surface area contributed by atoms with Gasteiger partial charge in [-0.15, -0.1) is 0 Å². The number of aromatic nitrogens is 2. The zero-order valence-corrected chi connectivity index (χ0v) is 9.51. The number of nitrogens with zero attached hydrogens (tertiary/aromatic N) is 2. The molecule has 1 aliphatic heterocycles. The van der Waals surface area contributed by atoms with Crippen LogP contribution < -0.4 is 5.32 Å². The molecule has 5 nitrogen and oxygen atoms in total. The summed E-state index contributed by atoms with van der Waals surface area (Å²) in [4.78, 5) is 11.0. The lowest BCUT2D eigenvalue weighted by atomic mass is 10.1. The van der Waals surface area contributed by atoms with Crippen molar-refractivity contribution < 1.29 is 9.53 Å². The van der Waals surface area contributed by atoms with Crippen molar-refractivity contribution in [1.29, 1.82) is 0 Å². The zero-order chi connectivity index (χ0) is 11.8. The number of carbonyl (C=O) groups excluding carboxylic acids is 1. The third-order valence-corrected chi connectivity index (χ3v) is 3.04. The minimum absolute atomic E-state index is 0.0521. The van der Waals surface area contributed by atoms with Crippen LogP contribution in [0.5, 0.6) is 0 Å². The first kappa shape index (κ1) is 10.3. The summed E-state index contributed by atoms with van der Waals surface area (Å²) in [7, 11) is 1.92. The van der Waals surface area contributed by atoms with Crippen LogP contribution in [-0.2, 0) is 16.6 Å². The summed E-state index contributed by atoms with van der Waals surface area (Å²) in [6, 6.07) is 6.11. The number of hydrogen-bond acceptors (Lipinski definition) is 3. The largest absolute Gasteiger partial charge is 0.362 e. The predicted molar refractivity (Wildman–Crippen MR) is 62.4 cm³/mol. The molecule has 1 amide bonds. The lowest BCUT2D eigenvalue weighted by Crippen LogP contribution is -2.38. The molecule has 1 N–H and O–H groups in total. The number of ether oxygens (including phenoxy) is 1. The molecule has 1 fully saturated rings. The Labute approximate surface area is 98.4 Å². The Balaban J connectivity index is 1.92. The van der Waals surface area contributed by atoms with Gasteiger partial charge >= 0.3 is 0 Å². The second kappa shape index (κ2) is 3.85. The number of nitrogens with one attached hydrogen (secondary N) is 1. The maximum atomic E-state index is 11.0. The standard InChI is InChI=1S/C12H13N3O2/c1-15-10-3-2-8(4-9(10)5-14-15)11-6-13-12(16)7-17-11/h2-5,11H,6-7H2,1H3,(H,13,16). The summed E-state index contributed by atoms with van der Waals surface area (Å²) >= 11 is 0. The van der Waals surface area contributed by atoms with Gasteiger partial charge in [0.05, 0.1) is 11.7 Å². The number of aryl methyl sites for hydroxylation is 1. The molecule has 1 atom stereocenters. The lowest BCUT2D eigenvalue weighted by molar-refractivity contribution is -0.133. The maximum Gasteiger partial charge on any atom is 0.246 e. The van der Waals surface area contributed by atoms with Gasteiger partial charge in [-0.3, -0.25) is 9.48 Å². The molecule has 1 aliphatic rings. The Bertz CT molecular complexity index is 566. The first-order valence-electron chi connectivity index (χ1n) is 5.54. The van der Waals surface area contributed by atoms with Gasteiger partial charge in [-0.1, -0.05) is 6.07 Å². The van der Waals surface area contributed by atoms with E-state index < -0.39 is 0 Å². The van der Waals surface area contributed by atoms with E-state index in [0.29, 0.717) is 6.54 Å². The Morgan fingerprint density at radius 1 is 1.53 bits per heavy atom. The van der Waals surface area contributed by atoms with Crippen molar-refractivity contribution in [3.63, 3.8) is 0 Å². The molecular weight excluding hydrogens is 218 g/mol. The first-order chi connectivity index (χ1) is 8.24. The molecule has 0 aliphatic carbocycles. The van der Waals surface area contributed by atoms with Crippen molar-refractivity contribution in [2.24, 2.45) is 7.05 Å². The summed E-state index contributed by atoms with van der Waals surface area (Å²) in [5.74, 6) is -0.0521. The molecule has 1 aromatic heterocycles. The van der Waals surface area contributed by atoms with Crippen LogP contribution in [0.15, 0.2) is 24.4 Å². The number of amides is 1. The van der Waals surface area contributed by atoms with E-state index in [9.17, 15) is 4.79 Å². The van der Waals surface area contributed by atoms with Crippen LogP contribution in [0.4, 0.5) is 0 Å². The molecule has 88 valence electrons. The highest BCUT2D eigenvalue weighted by molar-refractivity contribution is 5.80. The SMILES string of the molecule is Cn1ncc2cc(C3CNC(=O)CO3)ccc21. The van der Waals surface area contributed by atoms with E-state index >= 15 is 0 Å². The number of hydrogen-bond donors (Lipinski definition) is 1. The summed E-state index contributed by atoms with van der Waals surface area (Å²) in [6.07, 6.45) is 1.78. The molecule has 1 saturated heterocycles. The van der Waals surface area contributed by atoms with E-state index in [2.05, 4.69) is 16.5 Å². The van der Waals surface area contributed by atoms with Crippen molar-refractivity contribution in [2.75, 3.05) is 13.2 Å². The van der Waals surface area contributed by atoms with Gasteiger partial charge in [-0.25, -0.2) is 0 Å². The van der Waals surface area contributed by atoms with Crippen molar-refractivity contribution in [3.8, 4) is 0 Å². The number of morpholine rings is 1. The Hall–Kier alpha value is -1.88. The van der Waals surface area contributed by atoms with Gasteiger partial charge in [0.15, 0.2) is 0 Å². The van der Waals surface area contributed by atoms with Crippen molar-refractivity contribution in [1.82, 2.24) is 15.1 Å². The third kappa shape index (κ3) is 1.78. The van der Waals surface area contributed by atoms with E-state index in [1.165, 1.54) is 0 Å². The number of carbonyl (C=O) groups is 1. The van der Waals surface area contributed by atoms with Crippen LogP contribution in [0.2, 0.25) is 0 Å². The van der Waals surface area contributed by atoms with Gasteiger partial charge in [0, 0.05) is 19.0 Å². The average Bonchev–Trinajstić information content (AvgIpc) is 2.72. The van der Waals surface area contributed by atoms with E-state index in [1.54, 1.807) is 0 Å². The van der Waals surface area contributed by atoms with Crippen molar-refractivity contribution in [3.05, 3.63) is 30.0 Å². The van der Waals surface area contributed by atoms with E-state index in [0.717, 1.165) is 16.5 Å². The highest BCUT2D eigenvalue weighted by Crippen LogP contribution is 2.23. The summed E-state index contributed by atoms with van der Waals surface area (Å²) < 4.78 is 7.33. The van der Waals surface area contributed by atoms with Crippen molar-refractivity contribution >= 4 is 16.8 Å². The number of rotatable bonds is 1. The van der Waals surface area contributed by atoms with Crippen LogP contribution in [-0.4, -0.2) is 28.8 Å². The fourth-order valence-corrected chi connectivity index (χ4v) is 2.09. The molecule has 3 rings (SSSR count). The number of fused-ring (bicyclic) bond motifs is 1. The lowest BCUT2D eigenvalue weighted by Gasteiger charge is -2.23. The zero-order valence-electron chi connectivity index (χ0n) is 9.51. The highest BCUT2D eigenvalue weighted by Gasteiger charge is 2.20. The minimum atomic E-state index is -0.0580. The summed E-state index contributed by atoms with van der Waals surface area (Å²) in [6.45, 7) is 0.667. The van der Waals surface area contributed by atoms with Gasteiger partial charge in [-0.05, 0) is 17.7 Å². The van der Waals surface area contributed by atoms with Crippen LogP contribution >= 0.6 is 0 Å². The van der Waals surface area contributed by atoms with Gasteiger partial charge in [0.1, 0.15) is 12.7 Å². The highest BCUT2D eigenvalue weighted by atomic mass is 16.5. The second-order valence-electron chi connectivity index (χ2n) is 4.19. The third-order valence-electron chi connectivity index (χ3n) is 3.04. The van der Waals surface area contributed by atoms with E-state index in [1.807, 2.05) is 30.1 Å². The average molecular weight is 231 g/mol.